The normalized spacial score (nSPS) is 12.2. The van der Waals surface area contributed by atoms with Crippen LogP contribution in [0.3, 0.4) is 0 Å². The summed E-state index contributed by atoms with van der Waals surface area (Å²) in [7, 11) is 1.41. The topological polar surface area (TPSA) is 137 Å². The molecule has 0 unspecified atom stereocenters. The van der Waals surface area contributed by atoms with E-state index >= 15 is 0 Å². The first-order chi connectivity index (χ1) is 14.1. The maximum Gasteiger partial charge on any atom is 0.332 e. The van der Waals surface area contributed by atoms with E-state index in [2.05, 4.69) is 9.97 Å². The highest BCUT2D eigenvalue weighted by Gasteiger charge is 2.21. The van der Waals surface area contributed by atoms with Crippen molar-refractivity contribution in [1.82, 2.24) is 19.1 Å². The molecule has 0 bridgehead atoms. The molecule has 2 rings (SSSR count). The van der Waals surface area contributed by atoms with Crippen LogP contribution in [-0.4, -0.2) is 30.6 Å². The molecule has 2 N–H and O–H groups in total. The summed E-state index contributed by atoms with van der Waals surface area (Å²) in [5.41, 5.74) is 4.96. The lowest BCUT2D eigenvalue weighted by Crippen LogP contribution is -2.39. The third-order valence-corrected chi connectivity index (χ3v) is 5.33. The van der Waals surface area contributed by atoms with Crippen LogP contribution in [0.2, 0.25) is 0 Å². The number of nitrogens with zero attached hydrogens (tertiary/aromatic N) is 5. The van der Waals surface area contributed by atoms with E-state index < -0.39 is 17.0 Å². The first-order valence-electron chi connectivity index (χ1n) is 9.65. The molecule has 0 aliphatic heterocycles. The van der Waals surface area contributed by atoms with Crippen molar-refractivity contribution in [3.05, 3.63) is 37.9 Å². The average Bonchev–Trinajstić information content (AvgIpc) is 2.67. The van der Waals surface area contributed by atoms with Crippen molar-refractivity contribution in [1.29, 1.82) is 5.26 Å². The molecule has 0 aliphatic rings. The summed E-state index contributed by atoms with van der Waals surface area (Å²) in [6.07, 6.45) is 1.24. The fourth-order valence-electron chi connectivity index (χ4n) is 2.94. The van der Waals surface area contributed by atoms with Crippen molar-refractivity contribution in [2.75, 3.05) is 5.75 Å². The summed E-state index contributed by atoms with van der Waals surface area (Å²) in [6.45, 7) is 7.85. The van der Waals surface area contributed by atoms with Gasteiger partial charge in [-0.3, -0.25) is 18.7 Å². The number of fused-ring (bicyclic) bond motifs is 1. The van der Waals surface area contributed by atoms with Gasteiger partial charge in [0.1, 0.15) is 27.9 Å². The summed E-state index contributed by atoms with van der Waals surface area (Å²) in [5, 5.41) is 9.67. The van der Waals surface area contributed by atoms with Gasteiger partial charge < -0.3 is 5.73 Å². The van der Waals surface area contributed by atoms with Gasteiger partial charge in [-0.25, -0.2) is 14.8 Å². The van der Waals surface area contributed by atoms with Crippen LogP contribution in [0.15, 0.2) is 25.9 Å². The Kier molecular flexibility index (Phi) is 7.56. The number of carbonyl (C=O) groups excluding carboxylic acids is 1. The van der Waals surface area contributed by atoms with Crippen molar-refractivity contribution in [2.24, 2.45) is 18.7 Å². The monoisotopic (exact) mass is 430 g/mol. The highest BCUT2D eigenvalue weighted by Crippen LogP contribution is 2.24. The van der Waals surface area contributed by atoms with Gasteiger partial charge in [0.05, 0.1) is 5.75 Å². The predicted octanol–water partition coefficient (Wildman–Crippen LogP) is 1.52. The van der Waals surface area contributed by atoms with Crippen molar-refractivity contribution >= 4 is 28.6 Å². The van der Waals surface area contributed by atoms with Gasteiger partial charge in [-0.1, -0.05) is 32.5 Å². The molecule has 0 aliphatic carbocycles. The number of nitriles is 1. The molecule has 2 heterocycles. The van der Waals surface area contributed by atoms with Crippen LogP contribution >= 0.6 is 11.8 Å². The molecule has 160 valence electrons. The molecule has 0 radical (unpaired) electrons. The Balaban J connectivity index is 2.71. The second kappa shape index (κ2) is 9.71. The predicted molar refractivity (Wildman–Crippen MR) is 116 cm³/mol. The number of aryl methyl sites for hydroxylation is 1. The minimum atomic E-state index is -0.514. The van der Waals surface area contributed by atoms with E-state index in [4.69, 9.17) is 11.0 Å². The third-order valence-electron chi connectivity index (χ3n) is 4.36. The highest BCUT2D eigenvalue weighted by molar-refractivity contribution is 8.00. The van der Waals surface area contributed by atoms with Gasteiger partial charge >= 0.3 is 5.69 Å². The third kappa shape index (κ3) is 4.79. The molecular formula is C20H26N6O3S. The molecule has 10 heteroatoms. The Morgan fingerprint density at radius 2 is 1.97 bits per heavy atom. The molecule has 2 aromatic heterocycles. The summed E-state index contributed by atoms with van der Waals surface area (Å²) < 4.78 is 2.50. The summed E-state index contributed by atoms with van der Waals surface area (Å²) >= 11 is 1.05. The smallest absolute Gasteiger partial charge is 0.332 e. The molecule has 0 saturated heterocycles. The number of hydrogen-bond donors (Lipinski definition) is 1. The molecule has 0 atom stereocenters. The van der Waals surface area contributed by atoms with Gasteiger partial charge in [-0.05, 0) is 19.3 Å². The highest BCUT2D eigenvalue weighted by atomic mass is 32.2. The lowest BCUT2D eigenvalue weighted by atomic mass is 10.1. The maximum atomic E-state index is 12.9. The van der Waals surface area contributed by atoms with Crippen LogP contribution in [0.4, 0.5) is 0 Å². The largest absolute Gasteiger partial charge is 0.401 e. The molecule has 0 saturated carbocycles. The zero-order chi connectivity index (χ0) is 22.6. The molecule has 0 aromatic carbocycles. The van der Waals surface area contributed by atoms with E-state index in [1.165, 1.54) is 18.5 Å². The fraction of sp³-hybridized carbons (Fsp3) is 0.500. The molecule has 2 aromatic rings. The van der Waals surface area contributed by atoms with Crippen LogP contribution in [0.1, 0.15) is 39.9 Å². The second-order valence-corrected chi connectivity index (χ2v) is 8.39. The first-order valence-corrected chi connectivity index (χ1v) is 10.6. The summed E-state index contributed by atoms with van der Waals surface area (Å²) in [6, 6.07) is 1.81. The van der Waals surface area contributed by atoms with Gasteiger partial charge in [-0.15, -0.1) is 0 Å². The minimum absolute atomic E-state index is 0.110. The lowest BCUT2D eigenvalue weighted by molar-refractivity contribution is -0.112. The lowest BCUT2D eigenvalue weighted by Gasteiger charge is -2.14. The molecule has 30 heavy (non-hydrogen) atoms. The van der Waals surface area contributed by atoms with E-state index in [-0.39, 0.29) is 34.0 Å². The van der Waals surface area contributed by atoms with Crippen LogP contribution in [-0.2, 0) is 24.8 Å². The number of ketones is 1. The Labute approximate surface area is 178 Å². The molecule has 0 spiro atoms. The SMILES string of the molecule is CCCn1c(=O)n(C)c(=O)c2c(SCC(=O)/C(C#N)=C(\C)N)nc(CC(C)C)nc21. The molecular weight excluding hydrogens is 404 g/mol. The molecule has 0 amide bonds. The van der Waals surface area contributed by atoms with Crippen LogP contribution < -0.4 is 17.0 Å². The maximum absolute atomic E-state index is 12.9. The van der Waals surface area contributed by atoms with E-state index in [1.54, 1.807) is 0 Å². The number of nitrogens with two attached hydrogens (primary N) is 1. The first kappa shape index (κ1) is 23.3. The van der Waals surface area contributed by atoms with Gasteiger partial charge in [-0.2, -0.15) is 5.26 Å². The van der Waals surface area contributed by atoms with Gasteiger partial charge in [0.15, 0.2) is 11.4 Å². The van der Waals surface area contributed by atoms with Crippen LogP contribution in [0.5, 0.6) is 0 Å². The average molecular weight is 431 g/mol. The Hall–Kier alpha value is -2.93. The number of thioether (sulfide) groups is 1. The zero-order valence-corrected chi connectivity index (χ0v) is 18.7. The van der Waals surface area contributed by atoms with E-state index in [1.807, 2.05) is 26.8 Å². The number of aromatic nitrogens is 4. The van der Waals surface area contributed by atoms with E-state index in [0.29, 0.717) is 30.2 Å². The summed E-state index contributed by atoms with van der Waals surface area (Å²) in [4.78, 5) is 47.0. The Bertz CT molecular complexity index is 1170. The fourth-order valence-corrected chi connectivity index (χ4v) is 3.85. The van der Waals surface area contributed by atoms with Crippen LogP contribution in [0.25, 0.3) is 11.0 Å². The molecule has 9 nitrogen and oxygen atoms in total. The number of Topliss-reactive ketones (excluding diaryl/α,β-unsaturated/α-hetero) is 1. The second-order valence-electron chi connectivity index (χ2n) is 7.42. The van der Waals surface area contributed by atoms with E-state index in [9.17, 15) is 14.4 Å². The standard InChI is InChI=1S/C20H26N6O3S/c1-6-7-26-17-16(19(28)25(5)20(26)29)18(24-15(23-17)8-11(2)3)30-10-14(27)13(9-21)12(4)22/h11H,6-8,10,22H2,1-5H3/b13-12+. The number of allylic oxidation sites excluding steroid dienone is 2. The Morgan fingerprint density at radius 3 is 2.50 bits per heavy atom. The molecule has 0 fully saturated rings. The number of rotatable bonds is 8. The van der Waals surface area contributed by atoms with Gasteiger partial charge in [0.25, 0.3) is 5.56 Å². The quantitative estimate of drug-likeness (QED) is 0.288. The number of hydrogen-bond acceptors (Lipinski definition) is 8. The van der Waals surface area contributed by atoms with Crippen molar-refractivity contribution in [3.63, 3.8) is 0 Å². The minimum Gasteiger partial charge on any atom is -0.401 e. The number of carbonyl (C=O) groups is 1. The van der Waals surface area contributed by atoms with Crippen molar-refractivity contribution in [2.45, 2.75) is 52.1 Å². The summed E-state index contributed by atoms with van der Waals surface area (Å²) in [5.74, 6) is 0.197. The van der Waals surface area contributed by atoms with Gasteiger partial charge in [0.2, 0.25) is 0 Å². The van der Waals surface area contributed by atoms with Crippen molar-refractivity contribution in [3.8, 4) is 6.07 Å². The van der Waals surface area contributed by atoms with E-state index in [0.717, 1.165) is 16.3 Å². The van der Waals surface area contributed by atoms with Crippen molar-refractivity contribution < 1.29 is 4.79 Å². The Morgan fingerprint density at radius 1 is 1.30 bits per heavy atom. The zero-order valence-electron chi connectivity index (χ0n) is 17.9. The van der Waals surface area contributed by atoms with Crippen LogP contribution in [0, 0.1) is 17.2 Å². The van der Waals surface area contributed by atoms with Gasteiger partial charge in [0, 0.05) is 25.7 Å².